The van der Waals surface area contributed by atoms with Gasteiger partial charge in [-0.25, -0.2) is 4.79 Å². The van der Waals surface area contributed by atoms with E-state index in [1.807, 2.05) is 72.5 Å². The van der Waals surface area contributed by atoms with Gasteiger partial charge in [-0.3, -0.25) is 0 Å². The van der Waals surface area contributed by atoms with E-state index in [2.05, 4.69) is 10.3 Å². The van der Waals surface area contributed by atoms with Gasteiger partial charge in [-0.15, -0.1) is 0 Å². The minimum Gasteiger partial charge on any atom is -0.497 e. The molecule has 1 aliphatic heterocycles. The van der Waals surface area contributed by atoms with Crippen molar-refractivity contribution in [3.05, 3.63) is 93.1 Å². The summed E-state index contributed by atoms with van der Waals surface area (Å²) in [7, 11) is 1.64. The highest BCUT2D eigenvalue weighted by atomic mass is 35.5. The van der Waals surface area contributed by atoms with Crippen LogP contribution in [0.3, 0.4) is 0 Å². The molecule has 0 radical (unpaired) electrons. The summed E-state index contributed by atoms with van der Waals surface area (Å²) in [5.74, 6) is 0.767. The number of fused-ring (bicyclic) bond motifs is 3. The van der Waals surface area contributed by atoms with Crippen LogP contribution in [0.25, 0.3) is 10.9 Å². The summed E-state index contributed by atoms with van der Waals surface area (Å²) < 4.78 is 5.34. The fourth-order valence-electron chi connectivity index (χ4n) is 4.54. The van der Waals surface area contributed by atoms with Gasteiger partial charge in [-0.2, -0.15) is 0 Å². The van der Waals surface area contributed by atoms with Crippen LogP contribution in [0, 0.1) is 6.92 Å². The number of rotatable bonds is 3. The zero-order chi connectivity index (χ0) is 23.1. The zero-order valence-corrected chi connectivity index (χ0v) is 19.8. The number of ether oxygens (including phenoxy) is 1. The Morgan fingerprint density at radius 1 is 1.12 bits per heavy atom. The number of carbonyl (C=O) groups is 1. The van der Waals surface area contributed by atoms with E-state index >= 15 is 0 Å². The summed E-state index contributed by atoms with van der Waals surface area (Å²) in [6.45, 7) is 2.46. The Morgan fingerprint density at radius 2 is 1.91 bits per heavy atom. The largest absolute Gasteiger partial charge is 0.497 e. The van der Waals surface area contributed by atoms with Crippen molar-refractivity contribution in [2.75, 3.05) is 19.0 Å². The first-order valence-electron chi connectivity index (χ1n) is 10.7. The second-order valence-corrected chi connectivity index (χ2v) is 9.01. The molecule has 0 unspecified atom stereocenters. The van der Waals surface area contributed by atoms with Crippen molar-refractivity contribution in [1.29, 1.82) is 0 Å². The van der Waals surface area contributed by atoms with E-state index < -0.39 is 0 Å². The van der Waals surface area contributed by atoms with Crippen LogP contribution in [0.15, 0.2) is 60.7 Å². The number of urea groups is 1. The third-order valence-electron chi connectivity index (χ3n) is 6.29. The number of anilines is 1. The maximum atomic E-state index is 13.5. The first kappa shape index (κ1) is 21.7. The SMILES string of the molecule is COc1ccc([C@@H]2c3[nH]c4ccc(Cl)cc4c3CCN2C(=O)Nc2cccc(Cl)c2C)cc1. The van der Waals surface area contributed by atoms with Crippen molar-refractivity contribution in [3.63, 3.8) is 0 Å². The van der Waals surface area contributed by atoms with Crippen molar-refractivity contribution in [3.8, 4) is 5.75 Å². The van der Waals surface area contributed by atoms with Crippen LogP contribution >= 0.6 is 23.2 Å². The molecule has 1 aliphatic rings. The molecule has 3 aromatic carbocycles. The number of H-pyrrole nitrogens is 1. The Bertz CT molecular complexity index is 1350. The van der Waals surface area contributed by atoms with Gasteiger partial charge in [0.05, 0.1) is 13.2 Å². The fourth-order valence-corrected chi connectivity index (χ4v) is 4.89. The molecule has 4 aromatic rings. The van der Waals surface area contributed by atoms with Gasteiger partial charge in [0.1, 0.15) is 5.75 Å². The summed E-state index contributed by atoms with van der Waals surface area (Å²) in [5.41, 5.74) is 5.74. The van der Waals surface area contributed by atoms with Gasteiger partial charge >= 0.3 is 6.03 Å². The number of hydrogen-bond acceptors (Lipinski definition) is 2. The standard InChI is InChI=1S/C26H23Cl2N3O2/c1-15-21(28)4-3-5-22(15)30-26(32)31-13-12-19-20-14-17(27)8-11-23(20)29-24(19)25(31)16-6-9-18(33-2)10-7-16/h3-11,14,25,29H,12-13H2,1-2H3,(H,30,32)/t25-/m1/s1. The minimum atomic E-state index is -0.287. The van der Waals surface area contributed by atoms with E-state index in [9.17, 15) is 4.79 Å². The molecular formula is C26H23Cl2N3O2. The van der Waals surface area contributed by atoms with Crippen LogP contribution in [0.5, 0.6) is 5.75 Å². The lowest BCUT2D eigenvalue weighted by molar-refractivity contribution is 0.193. The first-order chi connectivity index (χ1) is 16.0. The number of nitrogens with one attached hydrogen (secondary N) is 2. The highest BCUT2D eigenvalue weighted by Crippen LogP contribution is 2.40. The molecule has 7 heteroatoms. The number of amides is 2. The molecule has 5 rings (SSSR count). The third kappa shape index (κ3) is 3.92. The molecule has 0 saturated carbocycles. The lowest BCUT2D eigenvalue weighted by atomic mass is 9.92. The summed E-state index contributed by atoms with van der Waals surface area (Å²) in [6, 6.07) is 18.7. The van der Waals surface area contributed by atoms with Crippen LogP contribution in [-0.4, -0.2) is 29.6 Å². The molecule has 0 aliphatic carbocycles. The lowest BCUT2D eigenvalue weighted by Gasteiger charge is -2.36. The number of carbonyl (C=O) groups excluding carboxylic acids is 1. The quantitative estimate of drug-likeness (QED) is 0.333. The number of aromatic amines is 1. The van der Waals surface area contributed by atoms with E-state index in [4.69, 9.17) is 27.9 Å². The topological polar surface area (TPSA) is 57.4 Å². The van der Waals surface area contributed by atoms with Crippen LogP contribution in [0.1, 0.15) is 28.4 Å². The van der Waals surface area contributed by atoms with Crippen molar-refractivity contribution < 1.29 is 9.53 Å². The van der Waals surface area contributed by atoms with E-state index in [1.54, 1.807) is 7.11 Å². The summed E-state index contributed by atoms with van der Waals surface area (Å²) >= 11 is 12.6. The molecule has 0 bridgehead atoms. The van der Waals surface area contributed by atoms with E-state index in [0.717, 1.165) is 39.9 Å². The van der Waals surface area contributed by atoms with Gasteiger partial charge in [0.15, 0.2) is 0 Å². The van der Waals surface area contributed by atoms with E-state index in [1.165, 1.54) is 5.56 Å². The Kier molecular flexibility index (Phi) is 5.69. The van der Waals surface area contributed by atoms with Gasteiger partial charge in [0.25, 0.3) is 0 Å². The maximum absolute atomic E-state index is 13.5. The third-order valence-corrected chi connectivity index (χ3v) is 6.94. The molecule has 168 valence electrons. The average molecular weight is 480 g/mol. The Labute approximate surface area is 202 Å². The van der Waals surface area contributed by atoms with Gasteiger partial charge in [0, 0.05) is 38.9 Å². The Balaban J connectivity index is 1.59. The normalized spacial score (nSPS) is 15.4. The van der Waals surface area contributed by atoms with Crippen LogP contribution in [0.4, 0.5) is 10.5 Å². The van der Waals surface area contributed by atoms with Crippen molar-refractivity contribution in [2.24, 2.45) is 0 Å². The van der Waals surface area contributed by atoms with Crippen molar-refractivity contribution in [1.82, 2.24) is 9.88 Å². The summed E-state index contributed by atoms with van der Waals surface area (Å²) in [4.78, 5) is 18.9. The molecule has 2 N–H and O–H groups in total. The smallest absolute Gasteiger partial charge is 0.322 e. The van der Waals surface area contributed by atoms with E-state index in [-0.39, 0.29) is 12.1 Å². The first-order valence-corrected chi connectivity index (χ1v) is 11.5. The minimum absolute atomic E-state index is 0.177. The number of aromatic nitrogens is 1. The maximum Gasteiger partial charge on any atom is 0.322 e. The molecule has 0 spiro atoms. The molecule has 1 atom stereocenters. The number of methoxy groups -OCH3 is 1. The Morgan fingerprint density at radius 3 is 2.67 bits per heavy atom. The predicted octanol–water partition coefficient (Wildman–Crippen LogP) is 6.97. The second-order valence-electron chi connectivity index (χ2n) is 8.17. The summed E-state index contributed by atoms with van der Waals surface area (Å²) in [5, 5.41) is 5.47. The molecule has 0 saturated heterocycles. The molecule has 0 fully saturated rings. The highest BCUT2D eigenvalue weighted by Gasteiger charge is 2.35. The van der Waals surface area contributed by atoms with E-state index in [0.29, 0.717) is 22.3 Å². The van der Waals surface area contributed by atoms with Gasteiger partial charge < -0.3 is 19.9 Å². The van der Waals surface area contributed by atoms with Crippen molar-refractivity contribution >= 4 is 45.8 Å². The Hall–Kier alpha value is -3.15. The average Bonchev–Trinajstić information content (AvgIpc) is 3.19. The van der Waals surface area contributed by atoms with Crippen molar-refractivity contribution in [2.45, 2.75) is 19.4 Å². The van der Waals surface area contributed by atoms with Gasteiger partial charge in [0.2, 0.25) is 0 Å². The molecule has 2 amide bonds. The zero-order valence-electron chi connectivity index (χ0n) is 18.3. The highest BCUT2D eigenvalue weighted by molar-refractivity contribution is 6.32. The van der Waals surface area contributed by atoms with Crippen LogP contribution < -0.4 is 10.1 Å². The molecule has 1 aromatic heterocycles. The summed E-state index contributed by atoms with van der Waals surface area (Å²) in [6.07, 6.45) is 0.726. The number of hydrogen-bond donors (Lipinski definition) is 2. The van der Waals surface area contributed by atoms with Gasteiger partial charge in [-0.05, 0) is 72.5 Å². The molecule has 5 nitrogen and oxygen atoms in total. The van der Waals surface area contributed by atoms with Crippen LogP contribution in [-0.2, 0) is 6.42 Å². The molecule has 2 heterocycles. The number of nitrogens with zero attached hydrogens (tertiary/aromatic N) is 1. The number of benzene rings is 3. The molecule has 33 heavy (non-hydrogen) atoms. The fraction of sp³-hybridized carbons (Fsp3) is 0.192. The predicted molar refractivity (Wildman–Crippen MR) is 134 cm³/mol. The van der Waals surface area contributed by atoms with Gasteiger partial charge in [-0.1, -0.05) is 41.4 Å². The number of halogens is 2. The second kappa shape index (κ2) is 8.65. The molecular weight excluding hydrogens is 457 g/mol. The monoisotopic (exact) mass is 479 g/mol. The van der Waals surface area contributed by atoms with Crippen LogP contribution in [0.2, 0.25) is 10.0 Å². The lowest BCUT2D eigenvalue weighted by Crippen LogP contribution is -2.43.